The van der Waals surface area contributed by atoms with Crippen LogP contribution in [0, 0.1) is 6.92 Å². The zero-order valence-electron chi connectivity index (χ0n) is 12.5. The van der Waals surface area contributed by atoms with Gasteiger partial charge >= 0.3 is 0 Å². The van der Waals surface area contributed by atoms with Gasteiger partial charge in [-0.2, -0.15) is 0 Å². The fourth-order valence-electron chi connectivity index (χ4n) is 1.94. The van der Waals surface area contributed by atoms with Crippen LogP contribution in [-0.4, -0.2) is 27.9 Å². The second-order valence-corrected chi connectivity index (χ2v) is 6.87. The highest BCUT2D eigenvalue weighted by atomic mass is 32.2. The molecule has 22 heavy (non-hydrogen) atoms. The fraction of sp³-hybridized carbons (Fsp3) is 0.188. The Morgan fingerprint density at radius 3 is 1.95 bits per heavy atom. The van der Waals surface area contributed by atoms with Gasteiger partial charge in [0.15, 0.2) is 0 Å². The summed E-state index contributed by atoms with van der Waals surface area (Å²) in [6.07, 6.45) is 0. The summed E-state index contributed by atoms with van der Waals surface area (Å²) in [7, 11) is -1.86. The predicted molar refractivity (Wildman–Crippen MR) is 85.6 cm³/mol. The summed E-state index contributed by atoms with van der Waals surface area (Å²) < 4.78 is 25.0. The van der Waals surface area contributed by atoms with Crippen LogP contribution in [0.25, 0.3) is 0 Å². The Morgan fingerprint density at radius 2 is 1.45 bits per heavy atom. The van der Waals surface area contributed by atoms with Gasteiger partial charge in [-0.3, -0.25) is 4.79 Å². The second-order valence-electron chi connectivity index (χ2n) is 4.92. The molecule has 0 unspecified atom stereocenters. The topological polar surface area (TPSA) is 75.3 Å². The van der Waals surface area contributed by atoms with E-state index in [0.29, 0.717) is 5.69 Å². The molecular weight excluding hydrogens is 300 g/mol. The maximum absolute atomic E-state index is 12.5. The van der Waals surface area contributed by atoms with Gasteiger partial charge in [0.2, 0.25) is 15.7 Å². The molecule has 116 valence electrons. The molecule has 6 heteroatoms. The van der Waals surface area contributed by atoms with Crippen molar-refractivity contribution in [3.8, 4) is 0 Å². The molecule has 0 spiro atoms. The van der Waals surface area contributed by atoms with E-state index in [4.69, 9.17) is 0 Å². The van der Waals surface area contributed by atoms with Crippen molar-refractivity contribution in [3.63, 3.8) is 0 Å². The summed E-state index contributed by atoms with van der Waals surface area (Å²) in [5, 5.41) is 5.41. The molecule has 0 aliphatic heterocycles. The fourth-order valence-corrected chi connectivity index (χ4v) is 3.20. The molecule has 2 aromatic rings. The van der Waals surface area contributed by atoms with Gasteiger partial charge < -0.3 is 10.6 Å². The lowest BCUT2D eigenvalue weighted by Gasteiger charge is -2.08. The average molecular weight is 318 g/mol. The molecule has 2 aromatic carbocycles. The van der Waals surface area contributed by atoms with E-state index in [-0.39, 0.29) is 22.2 Å². The lowest BCUT2D eigenvalue weighted by atomic mass is 10.2. The summed E-state index contributed by atoms with van der Waals surface area (Å²) >= 11 is 0. The first-order chi connectivity index (χ1) is 10.4. The minimum atomic E-state index is -3.54. The monoisotopic (exact) mass is 318 g/mol. The Hall–Kier alpha value is -2.18. The molecule has 0 fully saturated rings. The number of aryl methyl sites for hydroxylation is 1. The molecule has 0 heterocycles. The number of likely N-dealkylation sites (N-methyl/N-ethyl adjacent to an activating group) is 1. The van der Waals surface area contributed by atoms with E-state index >= 15 is 0 Å². The van der Waals surface area contributed by atoms with Crippen molar-refractivity contribution < 1.29 is 13.2 Å². The number of hydrogen-bond acceptors (Lipinski definition) is 4. The Labute approximate surface area is 130 Å². The molecular formula is C16H18N2O3S. The molecule has 2 rings (SSSR count). The normalized spacial score (nSPS) is 11.2. The van der Waals surface area contributed by atoms with Crippen LogP contribution in [0.4, 0.5) is 5.69 Å². The van der Waals surface area contributed by atoms with Gasteiger partial charge in [0, 0.05) is 5.69 Å². The lowest BCUT2D eigenvalue weighted by Crippen LogP contribution is -2.25. The van der Waals surface area contributed by atoms with Crippen LogP contribution in [0.5, 0.6) is 0 Å². The number of nitrogens with one attached hydrogen (secondary N) is 2. The van der Waals surface area contributed by atoms with Gasteiger partial charge in [-0.1, -0.05) is 17.7 Å². The second kappa shape index (κ2) is 6.72. The van der Waals surface area contributed by atoms with E-state index in [9.17, 15) is 13.2 Å². The van der Waals surface area contributed by atoms with Crippen LogP contribution in [-0.2, 0) is 14.6 Å². The molecule has 0 saturated carbocycles. The summed E-state index contributed by atoms with van der Waals surface area (Å²) in [6, 6.07) is 12.8. The van der Waals surface area contributed by atoms with E-state index in [1.54, 1.807) is 43.4 Å². The average Bonchev–Trinajstić information content (AvgIpc) is 2.48. The van der Waals surface area contributed by atoms with Crippen molar-refractivity contribution in [3.05, 3.63) is 54.1 Å². The molecule has 0 atom stereocenters. The number of rotatable bonds is 5. The highest BCUT2D eigenvalue weighted by molar-refractivity contribution is 7.91. The number of hydrogen-bond donors (Lipinski definition) is 2. The maximum Gasteiger partial charge on any atom is 0.238 e. The maximum atomic E-state index is 12.5. The minimum Gasteiger partial charge on any atom is -0.325 e. The van der Waals surface area contributed by atoms with E-state index in [0.717, 1.165) is 5.56 Å². The van der Waals surface area contributed by atoms with Crippen LogP contribution in [0.2, 0.25) is 0 Å². The Morgan fingerprint density at radius 1 is 0.955 bits per heavy atom. The van der Waals surface area contributed by atoms with Gasteiger partial charge in [-0.15, -0.1) is 0 Å². The quantitative estimate of drug-likeness (QED) is 0.884. The van der Waals surface area contributed by atoms with Gasteiger partial charge in [-0.05, 0) is 50.4 Å². The van der Waals surface area contributed by atoms with Gasteiger partial charge in [0.1, 0.15) is 0 Å². The SMILES string of the molecule is CNCC(=O)Nc1ccc(S(=O)(=O)c2ccc(C)cc2)cc1. The van der Waals surface area contributed by atoms with E-state index < -0.39 is 9.84 Å². The van der Waals surface area contributed by atoms with E-state index in [1.807, 2.05) is 6.92 Å². The molecule has 5 nitrogen and oxygen atoms in total. The third kappa shape index (κ3) is 3.72. The Kier molecular flexibility index (Phi) is 4.95. The molecule has 0 aliphatic rings. The van der Waals surface area contributed by atoms with Crippen LogP contribution < -0.4 is 10.6 Å². The first-order valence-electron chi connectivity index (χ1n) is 6.80. The minimum absolute atomic E-state index is 0.184. The van der Waals surface area contributed by atoms with Crippen molar-refractivity contribution in [1.29, 1.82) is 0 Å². The number of benzene rings is 2. The molecule has 0 aromatic heterocycles. The molecule has 0 bridgehead atoms. The van der Waals surface area contributed by atoms with Crippen LogP contribution >= 0.6 is 0 Å². The Bertz CT molecular complexity index is 751. The van der Waals surface area contributed by atoms with E-state index in [2.05, 4.69) is 10.6 Å². The highest BCUT2D eigenvalue weighted by Gasteiger charge is 2.17. The largest absolute Gasteiger partial charge is 0.325 e. The summed E-state index contributed by atoms with van der Waals surface area (Å²) in [6.45, 7) is 2.10. The van der Waals surface area contributed by atoms with Crippen molar-refractivity contribution in [2.75, 3.05) is 18.9 Å². The number of anilines is 1. The lowest BCUT2D eigenvalue weighted by molar-refractivity contribution is -0.115. The third-order valence-corrected chi connectivity index (χ3v) is 4.90. The smallest absolute Gasteiger partial charge is 0.238 e. The zero-order valence-corrected chi connectivity index (χ0v) is 13.3. The summed E-state index contributed by atoms with van der Waals surface area (Å²) in [5.41, 5.74) is 1.56. The van der Waals surface area contributed by atoms with Crippen molar-refractivity contribution in [2.45, 2.75) is 16.7 Å². The van der Waals surface area contributed by atoms with Gasteiger partial charge in [-0.25, -0.2) is 8.42 Å². The van der Waals surface area contributed by atoms with Gasteiger partial charge in [0.25, 0.3) is 0 Å². The number of amides is 1. The summed E-state index contributed by atoms with van der Waals surface area (Å²) in [4.78, 5) is 11.9. The predicted octanol–water partition coefficient (Wildman–Crippen LogP) is 1.99. The van der Waals surface area contributed by atoms with Crippen LogP contribution in [0.1, 0.15) is 5.56 Å². The first-order valence-corrected chi connectivity index (χ1v) is 8.28. The molecule has 0 aliphatic carbocycles. The number of carbonyl (C=O) groups excluding carboxylic acids is 1. The van der Waals surface area contributed by atoms with Crippen molar-refractivity contribution in [1.82, 2.24) is 5.32 Å². The number of carbonyl (C=O) groups is 1. The zero-order chi connectivity index (χ0) is 16.2. The molecule has 2 N–H and O–H groups in total. The van der Waals surface area contributed by atoms with Crippen LogP contribution in [0.3, 0.4) is 0 Å². The molecule has 1 amide bonds. The van der Waals surface area contributed by atoms with Crippen LogP contribution in [0.15, 0.2) is 58.3 Å². The Balaban J connectivity index is 2.22. The third-order valence-electron chi connectivity index (χ3n) is 3.12. The van der Waals surface area contributed by atoms with Crippen molar-refractivity contribution in [2.24, 2.45) is 0 Å². The first kappa shape index (κ1) is 16.2. The van der Waals surface area contributed by atoms with Crippen molar-refractivity contribution >= 4 is 21.4 Å². The molecule has 0 saturated heterocycles. The number of sulfone groups is 1. The van der Waals surface area contributed by atoms with Gasteiger partial charge in [0.05, 0.1) is 16.3 Å². The standard InChI is InChI=1S/C16H18N2O3S/c1-12-3-7-14(8-4-12)22(20,21)15-9-5-13(6-10-15)18-16(19)11-17-2/h3-10,17H,11H2,1-2H3,(H,18,19). The molecule has 0 radical (unpaired) electrons. The van der Waals surface area contributed by atoms with E-state index in [1.165, 1.54) is 12.1 Å². The summed E-state index contributed by atoms with van der Waals surface area (Å²) in [5.74, 6) is -0.184. The highest BCUT2D eigenvalue weighted by Crippen LogP contribution is 2.22.